The van der Waals surface area contributed by atoms with Gasteiger partial charge in [0.15, 0.2) is 16.7 Å². The largest absolute Gasteiger partial charge is 0.486 e. The van der Waals surface area contributed by atoms with Crippen molar-refractivity contribution in [2.24, 2.45) is 7.05 Å². The Labute approximate surface area is 156 Å². The van der Waals surface area contributed by atoms with Crippen LogP contribution < -0.4 is 14.8 Å². The molecule has 2 heterocycles. The quantitative estimate of drug-likeness (QED) is 0.783. The van der Waals surface area contributed by atoms with Gasteiger partial charge in [0, 0.05) is 13.0 Å². The van der Waals surface area contributed by atoms with Crippen LogP contribution in [0.25, 0.3) is 0 Å². The van der Waals surface area contributed by atoms with Crippen molar-refractivity contribution in [1.29, 1.82) is 0 Å². The number of amides is 1. The number of thioether (sulfide) groups is 1. The van der Waals surface area contributed by atoms with E-state index in [1.807, 2.05) is 36.7 Å². The summed E-state index contributed by atoms with van der Waals surface area (Å²) in [6.07, 6.45) is 2.37. The molecule has 1 aliphatic carbocycles. The van der Waals surface area contributed by atoms with Crippen molar-refractivity contribution in [3.63, 3.8) is 0 Å². The first-order valence-electron chi connectivity index (χ1n) is 8.83. The van der Waals surface area contributed by atoms with Gasteiger partial charge in [-0.15, -0.1) is 10.2 Å². The SMILES string of the molecule is C[C@@H](NC(=O)CSc1nnc(C2CC2)n1C)c1ccc2c(c1)OCCO2. The van der Waals surface area contributed by atoms with Crippen LogP contribution in [0.1, 0.15) is 43.1 Å². The third kappa shape index (κ3) is 3.65. The molecule has 0 saturated heterocycles. The number of rotatable bonds is 6. The van der Waals surface area contributed by atoms with Gasteiger partial charge in [-0.2, -0.15) is 0 Å². The molecular weight excluding hydrogens is 352 g/mol. The molecule has 138 valence electrons. The fraction of sp³-hybridized carbons (Fsp3) is 0.500. The van der Waals surface area contributed by atoms with E-state index in [2.05, 4.69) is 15.5 Å². The van der Waals surface area contributed by atoms with Gasteiger partial charge in [-0.1, -0.05) is 17.8 Å². The summed E-state index contributed by atoms with van der Waals surface area (Å²) >= 11 is 1.41. The van der Waals surface area contributed by atoms with Gasteiger partial charge < -0.3 is 19.4 Å². The minimum absolute atomic E-state index is 0.0339. The van der Waals surface area contributed by atoms with Crippen LogP contribution in [0.5, 0.6) is 11.5 Å². The summed E-state index contributed by atoms with van der Waals surface area (Å²) in [5, 5.41) is 12.2. The van der Waals surface area contributed by atoms with E-state index in [9.17, 15) is 4.79 Å². The standard InChI is InChI=1S/C18H22N4O3S/c1-11(13-5-6-14-15(9-13)25-8-7-24-14)19-16(23)10-26-18-21-20-17(22(18)2)12-3-4-12/h5-6,9,11-12H,3-4,7-8,10H2,1-2H3,(H,19,23)/t11-/m1/s1. The summed E-state index contributed by atoms with van der Waals surface area (Å²) in [6.45, 7) is 3.08. The third-order valence-electron chi connectivity index (χ3n) is 4.59. The first-order valence-corrected chi connectivity index (χ1v) is 9.81. The molecule has 1 aromatic heterocycles. The van der Waals surface area contributed by atoms with Crippen LogP contribution in [0.15, 0.2) is 23.4 Å². The lowest BCUT2D eigenvalue weighted by atomic mass is 10.1. The molecule has 4 rings (SSSR count). The highest BCUT2D eigenvalue weighted by molar-refractivity contribution is 7.99. The smallest absolute Gasteiger partial charge is 0.230 e. The van der Waals surface area contributed by atoms with Gasteiger partial charge in [-0.25, -0.2) is 0 Å². The van der Waals surface area contributed by atoms with Crippen molar-refractivity contribution < 1.29 is 14.3 Å². The number of hydrogen-bond acceptors (Lipinski definition) is 6. The van der Waals surface area contributed by atoms with E-state index in [1.54, 1.807) is 0 Å². The Morgan fingerprint density at radius 1 is 1.31 bits per heavy atom. The van der Waals surface area contributed by atoms with Crippen molar-refractivity contribution >= 4 is 17.7 Å². The summed E-state index contributed by atoms with van der Waals surface area (Å²) in [4.78, 5) is 12.3. The van der Waals surface area contributed by atoms with Gasteiger partial charge in [0.05, 0.1) is 11.8 Å². The van der Waals surface area contributed by atoms with Crippen LogP contribution in [0, 0.1) is 0 Å². The van der Waals surface area contributed by atoms with Crippen molar-refractivity contribution in [2.75, 3.05) is 19.0 Å². The highest BCUT2D eigenvalue weighted by Crippen LogP contribution is 2.39. The molecule has 1 saturated carbocycles. The molecule has 1 N–H and O–H groups in total. The van der Waals surface area contributed by atoms with Gasteiger partial charge in [0.1, 0.15) is 19.0 Å². The van der Waals surface area contributed by atoms with E-state index >= 15 is 0 Å². The Hall–Kier alpha value is -2.22. The second kappa shape index (κ2) is 7.19. The third-order valence-corrected chi connectivity index (χ3v) is 5.61. The number of benzene rings is 1. The van der Waals surface area contributed by atoms with Crippen LogP contribution in [-0.2, 0) is 11.8 Å². The van der Waals surface area contributed by atoms with Crippen LogP contribution >= 0.6 is 11.8 Å². The summed E-state index contributed by atoms with van der Waals surface area (Å²) in [5.74, 6) is 3.33. The minimum atomic E-state index is -0.111. The number of nitrogens with one attached hydrogen (secondary N) is 1. The molecule has 1 aromatic carbocycles. The molecule has 1 aliphatic heterocycles. The molecule has 8 heteroatoms. The van der Waals surface area contributed by atoms with E-state index in [-0.39, 0.29) is 11.9 Å². The maximum atomic E-state index is 12.3. The maximum Gasteiger partial charge on any atom is 0.230 e. The minimum Gasteiger partial charge on any atom is -0.486 e. The van der Waals surface area contributed by atoms with Crippen molar-refractivity contribution in [1.82, 2.24) is 20.1 Å². The molecular formula is C18H22N4O3S. The first kappa shape index (κ1) is 17.2. The molecule has 2 aromatic rings. The molecule has 0 spiro atoms. The lowest BCUT2D eigenvalue weighted by Crippen LogP contribution is -2.28. The zero-order valence-corrected chi connectivity index (χ0v) is 15.7. The Bertz CT molecular complexity index is 819. The maximum absolute atomic E-state index is 12.3. The molecule has 0 radical (unpaired) electrons. The monoisotopic (exact) mass is 374 g/mol. The molecule has 0 bridgehead atoms. The number of hydrogen-bond donors (Lipinski definition) is 1. The number of aromatic nitrogens is 3. The van der Waals surface area contributed by atoms with Crippen molar-refractivity contribution in [3.8, 4) is 11.5 Å². The molecule has 1 amide bonds. The van der Waals surface area contributed by atoms with E-state index in [1.165, 1.54) is 24.6 Å². The van der Waals surface area contributed by atoms with Gasteiger partial charge in [-0.3, -0.25) is 4.79 Å². The summed E-state index contributed by atoms with van der Waals surface area (Å²) < 4.78 is 13.1. The summed E-state index contributed by atoms with van der Waals surface area (Å²) in [5.41, 5.74) is 0.988. The second-order valence-electron chi connectivity index (χ2n) is 6.66. The Morgan fingerprint density at radius 3 is 2.85 bits per heavy atom. The van der Waals surface area contributed by atoms with Gasteiger partial charge in [0.2, 0.25) is 5.91 Å². The van der Waals surface area contributed by atoms with E-state index in [0.29, 0.717) is 24.9 Å². The number of ether oxygens (including phenoxy) is 2. The summed E-state index contributed by atoms with van der Waals surface area (Å²) in [6, 6.07) is 5.66. The Kier molecular flexibility index (Phi) is 4.76. The molecule has 1 atom stereocenters. The van der Waals surface area contributed by atoms with E-state index in [4.69, 9.17) is 9.47 Å². The van der Waals surface area contributed by atoms with Gasteiger partial charge in [0.25, 0.3) is 0 Å². The lowest BCUT2D eigenvalue weighted by molar-refractivity contribution is -0.119. The van der Waals surface area contributed by atoms with Crippen LogP contribution in [0.3, 0.4) is 0 Å². The van der Waals surface area contributed by atoms with Gasteiger partial charge >= 0.3 is 0 Å². The predicted molar refractivity (Wildman–Crippen MR) is 97.7 cm³/mol. The zero-order chi connectivity index (χ0) is 18.1. The molecule has 7 nitrogen and oxygen atoms in total. The molecule has 1 fully saturated rings. The molecule has 26 heavy (non-hydrogen) atoms. The van der Waals surface area contributed by atoms with Crippen LogP contribution in [0.4, 0.5) is 0 Å². The van der Waals surface area contributed by atoms with E-state index < -0.39 is 0 Å². The van der Waals surface area contributed by atoms with Crippen molar-refractivity contribution in [2.45, 2.75) is 36.9 Å². The Morgan fingerprint density at radius 2 is 2.08 bits per heavy atom. The van der Waals surface area contributed by atoms with Gasteiger partial charge in [-0.05, 0) is 37.5 Å². The molecule has 2 aliphatic rings. The zero-order valence-electron chi connectivity index (χ0n) is 14.9. The fourth-order valence-corrected chi connectivity index (χ4v) is 3.70. The topological polar surface area (TPSA) is 78.3 Å². The Balaban J connectivity index is 1.33. The molecule has 0 unspecified atom stereocenters. The van der Waals surface area contributed by atoms with E-state index in [0.717, 1.165) is 28.0 Å². The number of fused-ring (bicyclic) bond motifs is 1. The van der Waals surface area contributed by atoms with Crippen LogP contribution in [0.2, 0.25) is 0 Å². The number of carbonyl (C=O) groups is 1. The fourth-order valence-electron chi connectivity index (χ4n) is 2.97. The number of carbonyl (C=O) groups excluding carboxylic acids is 1. The highest BCUT2D eigenvalue weighted by atomic mass is 32.2. The first-order chi connectivity index (χ1) is 12.6. The summed E-state index contributed by atoms with van der Waals surface area (Å²) in [7, 11) is 1.96. The van der Waals surface area contributed by atoms with Crippen molar-refractivity contribution in [3.05, 3.63) is 29.6 Å². The second-order valence-corrected chi connectivity index (χ2v) is 7.60. The number of nitrogens with zero attached hydrogens (tertiary/aromatic N) is 3. The average molecular weight is 374 g/mol. The normalized spacial score (nSPS) is 17.0. The average Bonchev–Trinajstić information content (AvgIpc) is 3.43. The highest BCUT2D eigenvalue weighted by Gasteiger charge is 2.29. The van der Waals surface area contributed by atoms with Crippen LogP contribution in [-0.4, -0.2) is 39.6 Å². The predicted octanol–water partition coefficient (Wildman–Crippen LogP) is 2.43. The lowest BCUT2D eigenvalue weighted by Gasteiger charge is -2.21.